The first-order chi connectivity index (χ1) is 24.0. The average Bonchev–Trinajstić information content (AvgIpc) is 3.07. The summed E-state index contributed by atoms with van der Waals surface area (Å²) in [5, 5.41) is 24.1. The molecule has 0 saturated carbocycles. The molecule has 1 aromatic heterocycles. The molecule has 3 aromatic carbocycles. The first kappa shape index (κ1) is 36.3. The van der Waals surface area contributed by atoms with Gasteiger partial charge in [0.2, 0.25) is 5.60 Å². The number of pyridine rings is 1. The van der Waals surface area contributed by atoms with Crippen LogP contribution >= 0.6 is 0 Å². The molecule has 2 aliphatic heterocycles. The van der Waals surface area contributed by atoms with Gasteiger partial charge >= 0.3 is 12.4 Å². The maximum absolute atomic E-state index is 14.4. The molecule has 3 heterocycles. The molecule has 0 spiro atoms. The molecule has 1 aliphatic carbocycles. The van der Waals surface area contributed by atoms with Crippen molar-refractivity contribution >= 4 is 22.9 Å². The second kappa shape index (κ2) is 13.2. The summed E-state index contributed by atoms with van der Waals surface area (Å²) < 4.78 is 119. The molecule has 5 unspecified atom stereocenters. The zero-order valence-corrected chi connectivity index (χ0v) is 26.9. The highest BCUT2D eigenvalue weighted by Gasteiger charge is 2.63. The lowest BCUT2D eigenvalue weighted by atomic mass is 9.68. The number of nitrogens with one attached hydrogen (secondary N) is 1. The topological polar surface area (TPSA) is 101 Å². The molecule has 0 bridgehead atoms. The van der Waals surface area contributed by atoms with Crippen LogP contribution in [0.3, 0.4) is 0 Å². The van der Waals surface area contributed by atoms with Crippen molar-refractivity contribution < 1.29 is 59.6 Å². The van der Waals surface area contributed by atoms with E-state index in [9.17, 15) is 50.1 Å². The molecule has 51 heavy (non-hydrogen) atoms. The molecule has 4 aromatic rings. The molecule has 5 atom stereocenters. The third-order valence-corrected chi connectivity index (χ3v) is 9.70. The number of anilines is 1. The van der Waals surface area contributed by atoms with E-state index in [1.165, 1.54) is 18.2 Å². The van der Waals surface area contributed by atoms with Gasteiger partial charge in [0, 0.05) is 27.9 Å². The van der Waals surface area contributed by atoms with Crippen LogP contribution in [0.2, 0.25) is 0 Å². The minimum Gasteiger partial charge on any atom is -0.490 e. The van der Waals surface area contributed by atoms with E-state index in [0.29, 0.717) is 22.2 Å². The molecule has 0 radical (unpaired) electrons. The summed E-state index contributed by atoms with van der Waals surface area (Å²) in [7, 11) is 0. The summed E-state index contributed by atoms with van der Waals surface area (Å²) in [4.78, 5) is 15.1. The number of aldehydes is 1. The Balaban J connectivity index is 0.000000194. The van der Waals surface area contributed by atoms with Crippen molar-refractivity contribution in [1.29, 1.82) is 0 Å². The number of hydrogen-bond donors (Lipinski definition) is 3. The zero-order chi connectivity index (χ0) is 36.9. The van der Waals surface area contributed by atoms with E-state index in [0.717, 1.165) is 17.8 Å². The second-order valence-corrected chi connectivity index (χ2v) is 13.0. The fraction of sp³-hybridized carbons (Fsp3) is 0.389. The van der Waals surface area contributed by atoms with E-state index in [4.69, 9.17) is 9.47 Å². The highest BCUT2D eigenvalue weighted by Crippen LogP contribution is 2.56. The summed E-state index contributed by atoms with van der Waals surface area (Å²) in [6, 6.07) is 13.5. The highest BCUT2D eigenvalue weighted by molar-refractivity contribution is 5.91. The fourth-order valence-electron chi connectivity index (χ4n) is 7.10. The molecule has 3 N–H and O–H groups in total. The van der Waals surface area contributed by atoms with Crippen molar-refractivity contribution in [2.45, 2.75) is 74.0 Å². The predicted molar refractivity (Wildman–Crippen MR) is 169 cm³/mol. The Labute approximate surface area is 286 Å². The molecule has 7 nitrogen and oxygen atoms in total. The summed E-state index contributed by atoms with van der Waals surface area (Å²) in [5.41, 5.74) is -3.81. The van der Waals surface area contributed by atoms with Gasteiger partial charge in [0.05, 0.1) is 24.8 Å². The number of nitrogens with zero attached hydrogens (tertiary/aromatic N) is 1. The van der Waals surface area contributed by atoms with Gasteiger partial charge in [0.25, 0.3) is 0 Å². The Hall–Kier alpha value is -4.50. The van der Waals surface area contributed by atoms with Crippen molar-refractivity contribution in [3.8, 4) is 11.5 Å². The number of ether oxygens (including phenoxy) is 2. The van der Waals surface area contributed by atoms with Gasteiger partial charge in [-0.15, -0.1) is 0 Å². The van der Waals surface area contributed by atoms with Gasteiger partial charge in [-0.05, 0) is 86.4 Å². The van der Waals surface area contributed by atoms with Crippen LogP contribution < -0.4 is 14.8 Å². The van der Waals surface area contributed by atoms with E-state index in [1.807, 2.05) is 6.92 Å². The monoisotopic (exact) mass is 724 g/mol. The van der Waals surface area contributed by atoms with Crippen LogP contribution in [0.5, 0.6) is 11.5 Å². The number of benzene rings is 3. The van der Waals surface area contributed by atoms with E-state index in [2.05, 4.69) is 10.3 Å². The van der Waals surface area contributed by atoms with Crippen LogP contribution in [0, 0.1) is 18.6 Å². The Morgan fingerprint density at radius 2 is 1.59 bits per heavy atom. The van der Waals surface area contributed by atoms with E-state index < -0.39 is 72.2 Å². The molecular formula is C36H32F8N2O5. The first-order valence-electron chi connectivity index (χ1n) is 16.0. The number of aliphatic hydroxyl groups is 2. The van der Waals surface area contributed by atoms with Crippen LogP contribution in [-0.4, -0.2) is 58.3 Å². The van der Waals surface area contributed by atoms with Gasteiger partial charge in [0.15, 0.2) is 35.0 Å². The number of hydrogen-bond acceptors (Lipinski definition) is 7. The lowest BCUT2D eigenvalue weighted by Crippen LogP contribution is -2.56. The van der Waals surface area contributed by atoms with Crippen molar-refractivity contribution in [2.24, 2.45) is 0 Å². The summed E-state index contributed by atoms with van der Waals surface area (Å²) in [6.07, 6.45) is -11.4. The number of aromatic nitrogens is 1. The van der Waals surface area contributed by atoms with Gasteiger partial charge in [-0.3, -0.25) is 9.78 Å². The molecular weight excluding hydrogens is 692 g/mol. The SMILES string of the molecule is Cc1ccc2c(NC3c4ccc(F)c5c4C(CCO5)CC3(O)C(F)(F)F)cccc2n1.O=CC(O)(CC1CCOc2c(F)cccc21)C(F)(F)F. The Morgan fingerprint density at radius 3 is 2.29 bits per heavy atom. The summed E-state index contributed by atoms with van der Waals surface area (Å²) in [5.74, 6) is -2.85. The van der Waals surface area contributed by atoms with Crippen LogP contribution in [0.25, 0.3) is 10.9 Å². The maximum atomic E-state index is 14.4. The molecule has 0 saturated heterocycles. The zero-order valence-electron chi connectivity index (χ0n) is 26.9. The van der Waals surface area contributed by atoms with Gasteiger partial charge in [0.1, 0.15) is 0 Å². The fourth-order valence-corrected chi connectivity index (χ4v) is 7.10. The van der Waals surface area contributed by atoms with E-state index in [1.54, 1.807) is 30.3 Å². The third-order valence-electron chi connectivity index (χ3n) is 9.70. The van der Waals surface area contributed by atoms with Gasteiger partial charge in [-0.1, -0.05) is 24.3 Å². The molecule has 3 aliphatic rings. The largest absolute Gasteiger partial charge is 0.490 e. The van der Waals surface area contributed by atoms with Crippen molar-refractivity contribution in [3.63, 3.8) is 0 Å². The van der Waals surface area contributed by atoms with Crippen LogP contribution in [0.4, 0.5) is 40.8 Å². The van der Waals surface area contributed by atoms with Crippen molar-refractivity contribution in [1.82, 2.24) is 4.98 Å². The molecule has 0 amide bonds. The molecule has 7 rings (SSSR count). The Kier molecular flexibility index (Phi) is 9.42. The number of carbonyl (C=O) groups is 1. The highest BCUT2D eigenvalue weighted by atomic mass is 19.4. The Bertz CT molecular complexity index is 1950. The minimum absolute atomic E-state index is 0.0139. The second-order valence-electron chi connectivity index (χ2n) is 13.0. The number of rotatable bonds is 5. The number of halogens is 8. The number of para-hydroxylation sites is 1. The average molecular weight is 725 g/mol. The van der Waals surface area contributed by atoms with E-state index in [-0.39, 0.29) is 48.7 Å². The number of alkyl halides is 6. The lowest BCUT2D eigenvalue weighted by Gasteiger charge is -2.47. The number of fused-ring (bicyclic) bond motifs is 2. The molecule has 15 heteroatoms. The van der Waals surface area contributed by atoms with Crippen LogP contribution in [0.15, 0.2) is 60.7 Å². The van der Waals surface area contributed by atoms with Crippen molar-refractivity contribution in [3.05, 3.63) is 94.7 Å². The van der Waals surface area contributed by atoms with E-state index >= 15 is 0 Å². The van der Waals surface area contributed by atoms with Crippen LogP contribution in [0.1, 0.15) is 65.9 Å². The molecule has 272 valence electrons. The summed E-state index contributed by atoms with van der Waals surface area (Å²) in [6.45, 7) is 1.97. The third kappa shape index (κ3) is 6.57. The standard InChI is InChI=1S/C23H20F4N2O2.C13H12F4O3/c1-12-5-6-14-17(28-12)3-2-4-18(14)29-21-15-7-8-16(24)20-19(15)13(9-10-31-20)11-22(21,30)23(25,26)27;14-10-3-1-2-9-8(4-5-20-11(9)10)6-12(19,7-18)13(15,16)17/h2-8,13,21,29-30H,9-11H2,1H3;1-3,7-8,19H,4-6H2. The quantitative estimate of drug-likeness (QED) is 0.142. The lowest BCUT2D eigenvalue weighted by molar-refractivity contribution is -0.273. The Morgan fingerprint density at radius 1 is 0.902 bits per heavy atom. The first-order valence-corrected chi connectivity index (χ1v) is 16.0. The minimum atomic E-state index is -5.07. The number of carbonyl (C=O) groups excluding carboxylic acids is 1. The smallest absolute Gasteiger partial charge is 0.424 e. The maximum Gasteiger partial charge on any atom is 0.424 e. The molecule has 0 fully saturated rings. The normalized spacial score (nSPS) is 23.7. The number of aryl methyl sites for hydroxylation is 1. The summed E-state index contributed by atoms with van der Waals surface area (Å²) >= 11 is 0. The van der Waals surface area contributed by atoms with Gasteiger partial charge < -0.3 is 25.0 Å². The van der Waals surface area contributed by atoms with Gasteiger partial charge in [-0.2, -0.15) is 26.3 Å². The predicted octanol–water partition coefficient (Wildman–Crippen LogP) is 7.97. The van der Waals surface area contributed by atoms with Gasteiger partial charge in [-0.25, -0.2) is 8.78 Å². The van der Waals surface area contributed by atoms with Crippen molar-refractivity contribution in [2.75, 3.05) is 18.5 Å². The van der Waals surface area contributed by atoms with Crippen LogP contribution in [-0.2, 0) is 4.79 Å².